The van der Waals surface area contributed by atoms with Crippen LogP contribution in [0.1, 0.15) is 19.4 Å². The number of nitrogens with zero attached hydrogens (tertiary/aromatic N) is 7. The van der Waals surface area contributed by atoms with Crippen LogP contribution >= 0.6 is 11.8 Å². The van der Waals surface area contributed by atoms with Gasteiger partial charge in [-0.15, -0.1) is 10.2 Å². The van der Waals surface area contributed by atoms with E-state index in [0.717, 1.165) is 5.56 Å². The zero-order valence-electron chi connectivity index (χ0n) is 18.9. The number of aromatic nitrogens is 7. The first-order valence-electron chi connectivity index (χ1n) is 10.7. The second-order valence-electron chi connectivity index (χ2n) is 7.00. The van der Waals surface area contributed by atoms with E-state index in [1.165, 1.54) is 11.8 Å². The molecule has 1 amide bonds. The fourth-order valence-electron chi connectivity index (χ4n) is 3.00. The zero-order chi connectivity index (χ0) is 23.9. The van der Waals surface area contributed by atoms with Crippen LogP contribution in [0, 0.1) is 6.92 Å². The Balaban J connectivity index is 1.42. The predicted molar refractivity (Wildman–Crippen MR) is 130 cm³/mol. The number of fused-ring (bicyclic) bond motifs is 1. The lowest BCUT2D eigenvalue weighted by atomic mass is 10.2. The number of rotatable bonds is 10. The molecule has 0 fully saturated rings. The molecular formula is C21H24N10O2S. The second-order valence-corrected chi connectivity index (χ2v) is 7.94. The van der Waals surface area contributed by atoms with Crippen molar-refractivity contribution in [1.82, 2.24) is 34.5 Å². The van der Waals surface area contributed by atoms with Crippen LogP contribution in [-0.2, 0) is 4.79 Å². The summed E-state index contributed by atoms with van der Waals surface area (Å²) in [6, 6.07) is 7.32. The maximum absolute atomic E-state index is 12.6. The molecule has 34 heavy (non-hydrogen) atoms. The van der Waals surface area contributed by atoms with Gasteiger partial charge in [0, 0.05) is 31.2 Å². The van der Waals surface area contributed by atoms with Crippen molar-refractivity contribution in [3.05, 3.63) is 42.2 Å². The van der Waals surface area contributed by atoms with Crippen molar-refractivity contribution in [3.63, 3.8) is 0 Å². The highest BCUT2D eigenvalue weighted by Gasteiger charge is 2.16. The van der Waals surface area contributed by atoms with Crippen LogP contribution in [0.2, 0.25) is 0 Å². The fourth-order valence-corrected chi connectivity index (χ4v) is 3.73. The Kier molecular flexibility index (Phi) is 7.32. The Morgan fingerprint density at radius 3 is 2.62 bits per heavy atom. The number of nitrogens with one attached hydrogen (secondary N) is 3. The molecule has 3 heterocycles. The molecule has 0 spiro atoms. The molecule has 0 radical (unpaired) electrons. The van der Waals surface area contributed by atoms with E-state index in [4.69, 9.17) is 4.74 Å². The minimum atomic E-state index is -0.180. The van der Waals surface area contributed by atoms with Gasteiger partial charge in [0.1, 0.15) is 5.75 Å². The van der Waals surface area contributed by atoms with Gasteiger partial charge in [0.05, 0.1) is 5.75 Å². The number of anilines is 3. The molecule has 0 saturated carbocycles. The molecule has 176 valence electrons. The van der Waals surface area contributed by atoms with E-state index in [2.05, 4.69) is 46.1 Å². The fraction of sp³-hybridized carbons (Fsp3) is 0.286. The summed E-state index contributed by atoms with van der Waals surface area (Å²) >= 11 is 1.25. The number of hydrogen-bond donors (Lipinski definition) is 3. The quantitative estimate of drug-likeness (QED) is 0.288. The summed E-state index contributed by atoms with van der Waals surface area (Å²) in [7, 11) is 0. The Morgan fingerprint density at radius 2 is 1.88 bits per heavy atom. The summed E-state index contributed by atoms with van der Waals surface area (Å²) in [5.41, 5.74) is 1.53. The lowest BCUT2D eigenvalue weighted by Gasteiger charge is -2.11. The number of aryl methyl sites for hydroxylation is 1. The number of amides is 1. The largest absolute Gasteiger partial charge is 0.424 e. The molecule has 12 nitrogen and oxygen atoms in total. The van der Waals surface area contributed by atoms with E-state index >= 15 is 0 Å². The topological polar surface area (TPSA) is 144 Å². The van der Waals surface area contributed by atoms with E-state index in [9.17, 15) is 4.79 Å². The summed E-state index contributed by atoms with van der Waals surface area (Å²) < 4.78 is 7.33. The van der Waals surface area contributed by atoms with E-state index in [1.54, 1.807) is 35.0 Å². The number of benzene rings is 1. The first-order valence-corrected chi connectivity index (χ1v) is 11.6. The van der Waals surface area contributed by atoms with Crippen molar-refractivity contribution in [3.8, 4) is 11.8 Å². The molecule has 3 aromatic heterocycles. The average molecular weight is 481 g/mol. The minimum Gasteiger partial charge on any atom is -0.424 e. The van der Waals surface area contributed by atoms with Crippen LogP contribution in [-0.4, -0.2) is 59.3 Å². The summed E-state index contributed by atoms with van der Waals surface area (Å²) in [5, 5.41) is 18.0. The van der Waals surface area contributed by atoms with E-state index in [-0.39, 0.29) is 17.7 Å². The van der Waals surface area contributed by atoms with Crippen LogP contribution in [0.3, 0.4) is 0 Å². The third-order valence-electron chi connectivity index (χ3n) is 4.47. The molecule has 0 aliphatic heterocycles. The van der Waals surface area contributed by atoms with Crippen molar-refractivity contribution < 1.29 is 9.53 Å². The van der Waals surface area contributed by atoms with E-state index in [0.29, 0.717) is 47.4 Å². The maximum atomic E-state index is 12.6. The molecule has 4 aromatic rings. The van der Waals surface area contributed by atoms with Crippen LogP contribution in [0.25, 0.3) is 5.78 Å². The number of ether oxygens (including phenoxy) is 1. The Hall–Kier alpha value is -4.00. The van der Waals surface area contributed by atoms with Crippen molar-refractivity contribution in [1.29, 1.82) is 0 Å². The number of thioether (sulfide) groups is 1. The Morgan fingerprint density at radius 1 is 1.09 bits per heavy atom. The standard InChI is InChI=1S/C21H24N10O2S/c1-4-22-17-27-18(23-5-2)31-19(28-17)29-30-21(31)34-12-16(32)26-15-8-7-14(11-13(15)3)33-20-24-9-6-10-25-20/h6-11H,4-5,12H2,1-3H3,(H,26,32)(H2,22,23,27,28,29). The van der Waals surface area contributed by atoms with Crippen LogP contribution in [0.15, 0.2) is 41.8 Å². The Labute approximate surface area is 200 Å². The molecule has 0 saturated heterocycles. The van der Waals surface area contributed by atoms with Crippen molar-refractivity contribution in [2.45, 2.75) is 25.9 Å². The van der Waals surface area contributed by atoms with Crippen molar-refractivity contribution in [2.75, 3.05) is 34.8 Å². The van der Waals surface area contributed by atoms with E-state index < -0.39 is 0 Å². The molecule has 0 aliphatic rings. The van der Waals surface area contributed by atoms with Gasteiger partial charge in [-0.1, -0.05) is 11.8 Å². The highest BCUT2D eigenvalue weighted by Crippen LogP contribution is 2.25. The number of carbonyl (C=O) groups is 1. The SMILES string of the molecule is CCNc1nc(NCC)n2c(SCC(=O)Nc3ccc(Oc4ncccn4)cc3C)nnc2n1. The molecule has 0 unspecified atom stereocenters. The van der Waals surface area contributed by atoms with Gasteiger partial charge in [0.15, 0.2) is 5.16 Å². The van der Waals surface area contributed by atoms with Crippen LogP contribution in [0.4, 0.5) is 17.6 Å². The van der Waals surface area contributed by atoms with Gasteiger partial charge in [-0.2, -0.15) is 9.97 Å². The van der Waals surface area contributed by atoms with Crippen LogP contribution in [0.5, 0.6) is 11.8 Å². The smallest absolute Gasteiger partial charge is 0.321 e. The lowest BCUT2D eigenvalue weighted by Crippen LogP contribution is -2.15. The van der Waals surface area contributed by atoms with Gasteiger partial charge in [-0.25, -0.2) is 14.4 Å². The monoisotopic (exact) mass is 480 g/mol. The molecule has 0 bridgehead atoms. The maximum Gasteiger partial charge on any atom is 0.321 e. The molecule has 13 heteroatoms. The summed E-state index contributed by atoms with van der Waals surface area (Å²) in [6.07, 6.45) is 3.21. The third kappa shape index (κ3) is 5.49. The van der Waals surface area contributed by atoms with Gasteiger partial charge in [-0.3, -0.25) is 4.79 Å². The first-order chi connectivity index (χ1) is 16.6. The number of carbonyl (C=O) groups excluding carboxylic acids is 1. The molecule has 3 N–H and O–H groups in total. The van der Waals surface area contributed by atoms with Gasteiger partial charge in [0.2, 0.25) is 17.8 Å². The second kappa shape index (κ2) is 10.7. The van der Waals surface area contributed by atoms with Gasteiger partial charge in [-0.05, 0) is 50.6 Å². The summed E-state index contributed by atoms with van der Waals surface area (Å²) in [5.74, 6) is 1.97. The minimum absolute atomic E-state index is 0.136. The molecule has 0 aliphatic carbocycles. The normalized spacial score (nSPS) is 10.8. The third-order valence-corrected chi connectivity index (χ3v) is 5.40. The lowest BCUT2D eigenvalue weighted by molar-refractivity contribution is -0.113. The van der Waals surface area contributed by atoms with Crippen molar-refractivity contribution in [2.24, 2.45) is 0 Å². The molecule has 4 rings (SSSR count). The molecule has 1 aromatic carbocycles. The first kappa shape index (κ1) is 23.2. The van der Waals surface area contributed by atoms with Gasteiger partial charge in [0.25, 0.3) is 5.78 Å². The van der Waals surface area contributed by atoms with Gasteiger partial charge < -0.3 is 20.7 Å². The molecular weight excluding hydrogens is 456 g/mol. The highest BCUT2D eigenvalue weighted by atomic mass is 32.2. The Bertz CT molecular complexity index is 1280. The average Bonchev–Trinajstić information content (AvgIpc) is 3.24. The number of hydrogen-bond acceptors (Lipinski definition) is 11. The van der Waals surface area contributed by atoms with Gasteiger partial charge >= 0.3 is 6.01 Å². The zero-order valence-corrected chi connectivity index (χ0v) is 19.8. The summed E-state index contributed by atoms with van der Waals surface area (Å²) in [6.45, 7) is 7.16. The highest BCUT2D eigenvalue weighted by molar-refractivity contribution is 7.99. The van der Waals surface area contributed by atoms with Crippen LogP contribution < -0.4 is 20.7 Å². The molecule has 0 atom stereocenters. The predicted octanol–water partition coefficient (Wildman–Crippen LogP) is 3.00. The van der Waals surface area contributed by atoms with E-state index in [1.807, 2.05) is 26.8 Å². The summed E-state index contributed by atoms with van der Waals surface area (Å²) in [4.78, 5) is 29.5. The van der Waals surface area contributed by atoms with Crippen molar-refractivity contribution >= 4 is 41.0 Å².